The molecule has 0 bridgehead atoms. The van der Waals surface area contributed by atoms with E-state index >= 15 is 0 Å². The van der Waals surface area contributed by atoms with Gasteiger partial charge in [-0.3, -0.25) is 15.1 Å². The highest BCUT2D eigenvalue weighted by Crippen LogP contribution is 2.29. The van der Waals surface area contributed by atoms with Gasteiger partial charge in [-0.05, 0) is 31.2 Å². The highest BCUT2D eigenvalue weighted by molar-refractivity contribution is 7.15. The summed E-state index contributed by atoms with van der Waals surface area (Å²) in [5, 5.41) is 6.24. The zero-order valence-corrected chi connectivity index (χ0v) is 16.1. The number of amides is 3. The maximum Gasteiger partial charge on any atom is 0.322 e. The fraction of sp³-hybridized carbons (Fsp3) is 0.200. The minimum Gasteiger partial charge on any atom is -0.319 e. The molecule has 0 radical (unpaired) electrons. The molecule has 0 spiro atoms. The number of carbonyl (C=O) groups is 2. The average molecular weight is 393 g/mol. The first-order valence-electron chi connectivity index (χ1n) is 8.92. The average Bonchev–Trinajstić information content (AvgIpc) is 3.11. The number of nitrogens with zero attached hydrogens (tertiary/aromatic N) is 3. The minimum absolute atomic E-state index is 0.137. The van der Waals surface area contributed by atoms with Gasteiger partial charge in [0.2, 0.25) is 0 Å². The highest BCUT2D eigenvalue weighted by Gasteiger charge is 2.25. The van der Waals surface area contributed by atoms with Crippen LogP contribution in [0.4, 0.5) is 15.6 Å². The Morgan fingerprint density at radius 1 is 1.11 bits per heavy atom. The fourth-order valence-electron chi connectivity index (χ4n) is 2.92. The van der Waals surface area contributed by atoms with E-state index in [1.807, 2.05) is 31.2 Å². The van der Waals surface area contributed by atoms with Crippen LogP contribution in [0.15, 0.2) is 48.7 Å². The van der Waals surface area contributed by atoms with Crippen molar-refractivity contribution in [3.8, 4) is 0 Å². The zero-order chi connectivity index (χ0) is 19.5. The number of nitrogens with one attached hydrogen (secondary N) is 2. The summed E-state index contributed by atoms with van der Waals surface area (Å²) in [6.07, 6.45) is 2.24. The lowest BCUT2D eigenvalue weighted by Crippen LogP contribution is -2.38. The Hall–Kier alpha value is -3.26. The van der Waals surface area contributed by atoms with E-state index in [2.05, 4.69) is 20.6 Å². The van der Waals surface area contributed by atoms with E-state index in [9.17, 15) is 9.59 Å². The zero-order valence-electron chi connectivity index (χ0n) is 15.3. The molecule has 3 aromatic rings. The van der Waals surface area contributed by atoms with Crippen molar-refractivity contribution in [3.05, 3.63) is 70.5 Å². The van der Waals surface area contributed by atoms with E-state index in [-0.39, 0.29) is 11.9 Å². The van der Waals surface area contributed by atoms with E-state index in [1.165, 1.54) is 11.3 Å². The van der Waals surface area contributed by atoms with Gasteiger partial charge in [-0.15, -0.1) is 0 Å². The van der Waals surface area contributed by atoms with Crippen LogP contribution in [0.25, 0.3) is 0 Å². The molecule has 0 atom stereocenters. The number of pyridine rings is 1. The molecule has 3 heterocycles. The molecule has 142 valence electrons. The smallest absolute Gasteiger partial charge is 0.319 e. The van der Waals surface area contributed by atoms with Crippen molar-refractivity contribution in [1.82, 2.24) is 14.9 Å². The summed E-state index contributed by atoms with van der Waals surface area (Å²) in [6.45, 7) is 3.07. The number of aryl methyl sites for hydroxylation is 1. The van der Waals surface area contributed by atoms with Crippen molar-refractivity contribution in [2.24, 2.45) is 0 Å². The molecule has 4 rings (SSSR count). The molecule has 1 aliphatic heterocycles. The number of fused-ring (bicyclic) bond motifs is 1. The van der Waals surface area contributed by atoms with Crippen LogP contribution in [0, 0.1) is 6.92 Å². The second-order valence-corrected chi connectivity index (χ2v) is 7.61. The summed E-state index contributed by atoms with van der Waals surface area (Å²) in [5.74, 6) is -0.291. The highest BCUT2D eigenvalue weighted by atomic mass is 32.1. The van der Waals surface area contributed by atoms with Gasteiger partial charge in [-0.25, -0.2) is 9.78 Å². The largest absolute Gasteiger partial charge is 0.322 e. The van der Waals surface area contributed by atoms with Gasteiger partial charge in [0, 0.05) is 29.7 Å². The Morgan fingerprint density at radius 3 is 2.68 bits per heavy atom. The quantitative estimate of drug-likeness (QED) is 0.710. The topological polar surface area (TPSA) is 87.2 Å². The molecule has 0 unspecified atom stereocenters. The number of thiazole rings is 1. The Labute approximate surface area is 166 Å². The predicted molar refractivity (Wildman–Crippen MR) is 109 cm³/mol. The number of hydrogen-bond donors (Lipinski definition) is 2. The Morgan fingerprint density at radius 2 is 1.93 bits per heavy atom. The first-order valence-corrected chi connectivity index (χ1v) is 9.74. The molecule has 0 saturated carbocycles. The molecule has 2 aromatic heterocycles. The van der Waals surface area contributed by atoms with Crippen LogP contribution in [0.1, 0.15) is 26.6 Å². The van der Waals surface area contributed by atoms with Crippen LogP contribution in [-0.2, 0) is 13.0 Å². The van der Waals surface area contributed by atoms with Crippen LogP contribution in [0.3, 0.4) is 0 Å². The Balaban J connectivity index is 1.40. The van der Waals surface area contributed by atoms with Gasteiger partial charge in [0.25, 0.3) is 5.91 Å². The molecule has 3 amide bonds. The molecule has 28 heavy (non-hydrogen) atoms. The van der Waals surface area contributed by atoms with Crippen LogP contribution in [0.2, 0.25) is 0 Å². The number of carbonyl (C=O) groups excluding carboxylic acids is 2. The van der Waals surface area contributed by atoms with Crippen molar-refractivity contribution >= 4 is 34.1 Å². The van der Waals surface area contributed by atoms with Gasteiger partial charge in [0.15, 0.2) is 5.13 Å². The number of anilines is 2. The van der Waals surface area contributed by atoms with Gasteiger partial charge in [-0.2, -0.15) is 0 Å². The molecule has 7 nitrogen and oxygen atoms in total. The van der Waals surface area contributed by atoms with Crippen LogP contribution >= 0.6 is 11.3 Å². The molecule has 0 fully saturated rings. The van der Waals surface area contributed by atoms with Crippen molar-refractivity contribution in [1.29, 1.82) is 0 Å². The molecular weight excluding hydrogens is 374 g/mol. The first-order chi connectivity index (χ1) is 13.6. The van der Waals surface area contributed by atoms with E-state index in [0.29, 0.717) is 30.3 Å². The second-order valence-electron chi connectivity index (χ2n) is 6.53. The van der Waals surface area contributed by atoms with Crippen LogP contribution in [-0.4, -0.2) is 33.4 Å². The van der Waals surface area contributed by atoms with E-state index < -0.39 is 0 Å². The lowest BCUT2D eigenvalue weighted by atomic mass is 10.2. The number of aromatic nitrogens is 2. The maximum absolute atomic E-state index is 12.6. The summed E-state index contributed by atoms with van der Waals surface area (Å²) in [4.78, 5) is 36.1. The Bertz CT molecular complexity index is 1000. The summed E-state index contributed by atoms with van der Waals surface area (Å²) in [6, 6.07) is 12.7. The van der Waals surface area contributed by atoms with E-state index in [0.717, 1.165) is 21.8 Å². The number of rotatable bonds is 3. The maximum atomic E-state index is 12.6. The molecule has 1 aliphatic rings. The van der Waals surface area contributed by atoms with Gasteiger partial charge in [0.05, 0.1) is 12.2 Å². The molecule has 1 aromatic carbocycles. The first kappa shape index (κ1) is 18.1. The van der Waals surface area contributed by atoms with Gasteiger partial charge >= 0.3 is 6.03 Å². The molecule has 2 N–H and O–H groups in total. The molecule has 8 heteroatoms. The summed E-state index contributed by atoms with van der Waals surface area (Å²) < 4.78 is 0. The number of benzene rings is 1. The van der Waals surface area contributed by atoms with Crippen molar-refractivity contribution in [3.63, 3.8) is 0 Å². The van der Waals surface area contributed by atoms with E-state index in [4.69, 9.17) is 0 Å². The second kappa shape index (κ2) is 7.77. The standard InChI is InChI=1S/C20H19N5O2S/c1-13-5-7-14(8-6-13)22-20(27)25-11-9-15-17(12-25)28-19(23-15)24-18(26)16-4-2-3-10-21-16/h2-8,10H,9,11-12H2,1H3,(H,22,27)(H,23,24,26). The van der Waals surface area contributed by atoms with Crippen LogP contribution < -0.4 is 10.6 Å². The SMILES string of the molecule is Cc1ccc(NC(=O)N2CCc3nc(NC(=O)c4ccccn4)sc3C2)cc1. The molecule has 0 saturated heterocycles. The predicted octanol–water partition coefficient (Wildman–Crippen LogP) is 3.69. The van der Waals surface area contributed by atoms with Gasteiger partial charge < -0.3 is 10.2 Å². The normalized spacial score (nSPS) is 13.0. The van der Waals surface area contributed by atoms with Gasteiger partial charge in [0.1, 0.15) is 5.69 Å². The fourth-order valence-corrected chi connectivity index (χ4v) is 3.94. The molecule has 0 aliphatic carbocycles. The third-order valence-electron chi connectivity index (χ3n) is 4.44. The van der Waals surface area contributed by atoms with Gasteiger partial charge in [-0.1, -0.05) is 35.1 Å². The summed E-state index contributed by atoms with van der Waals surface area (Å²) in [5.41, 5.74) is 3.19. The monoisotopic (exact) mass is 393 g/mol. The summed E-state index contributed by atoms with van der Waals surface area (Å²) in [7, 11) is 0. The third kappa shape index (κ3) is 4.01. The van der Waals surface area contributed by atoms with Crippen molar-refractivity contribution < 1.29 is 9.59 Å². The Kier molecular flexibility index (Phi) is 5.03. The third-order valence-corrected chi connectivity index (χ3v) is 5.44. The number of urea groups is 1. The van der Waals surface area contributed by atoms with Crippen molar-refractivity contribution in [2.45, 2.75) is 19.9 Å². The minimum atomic E-state index is -0.291. The van der Waals surface area contributed by atoms with Crippen molar-refractivity contribution in [2.75, 3.05) is 17.2 Å². The van der Waals surface area contributed by atoms with Crippen LogP contribution in [0.5, 0.6) is 0 Å². The van der Waals surface area contributed by atoms with E-state index in [1.54, 1.807) is 29.3 Å². The summed E-state index contributed by atoms with van der Waals surface area (Å²) >= 11 is 1.40. The lowest BCUT2D eigenvalue weighted by molar-refractivity contribution is 0.102. The lowest BCUT2D eigenvalue weighted by Gasteiger charge is -2.26. The number of hydrogen-bond acceptors (Lipinski definition) is 5. The molecular formula is C20H19N5O2S.